The first-order valence-electron chi connectivity index (χ1n) is 9.15. The Hall–Kier alpha value is -2.18. The van der Waals surface area contributed by atoms with Gasteiger partial charge in [0.1, 0.15) is 0 Å². The van der Waals surface area contributed by atoms with Crippen LogP contribution in [0.3, 0.4) is 0 Å². The third kappa shape index (κ3) is 4.22. The molecule has 1 unspecified atom stereocenters. The lowest BCUT2D eigenvalue weighted by atomic mass is 10.00. The molecular formula is C21H26N2O3S. The van der Waals surface area contributed by atoms with Crippen molar-refractivity contribution in [3.8, 4) is 0 Å². The summed E-state index contributed by atoms with van der Waals surface area (Å²) in [5.41, 5.74) is 4.05. The highest BCUT2D eigenvalue weighted by Crippen LogP contribution is 2.41. The number of carbonyl (C=O) groups is 1. The predicted octanol–water partition coefficient (Wildman–Crippen LogP) is 3.40. The molecule has 27 heavy (non-hydrogen) atoms. The Kier molecular flexibility index (Phi) is 5.40. The van der Waals surface area contributed by atoms with Crippen molar-refractivity contribution in [3.05, 3.63) is 64.2 Å². The number of nitrogens with one attached hydrogen (secondary N) is 2. The summed E-state index contributed by atoms with van der Waals surface area (Å²) in [7, 11) is -2.25. The van der Waals surface area contributed by atoms with Crippen molar-refractivity contribution in [2.24, 2.45) is 5.92 Å². The molecule has 0 spiro atoms. The maximum Gasteiger partial charge on any atom is 0.251 e. The van der Waals surface area contributed by atoms with E-state index in [2.05, 4.69) is 22.2 Å². The molecule has 3 rings (SSSR count). The van der Waals surface area contributed by atoms with Crippen LogP contribution in [-0.2, 0) is 10.0 Å². The molecular weight excluding hydrogens is 360 g/mol. The quantitative estimate of drug-likeness (QED) is 0.799. The molecule has 1 amide bonds. The fraction of sp³-hybridized carbons (Fsp3) is 0.381. The van der Waals surface area contributed by atoms with Gasteiger partial charge in [0, 0.05) is 5.56 Å². The maximum absolute atomic E-state index is 12.9. The average Bonchev–Trinajstić information content (AvgIpc) is 3.47. The van der Waals surface area contributed by atoms with Crippen molar-refractivity contribution < 1.29 is 13.2 Å². The fourth-order valence-corrected chi connectivity index (χ4v) is 4.31. The van der Waals surface area contributed by atoms with Crippen molar-refractivity contribution >= 4 is 15.9 Å². The van der Waals surface area contributed by atoms with Gasteiger partial charge in [-0.2, -0.15) is 0 Å². The van der Waals surface area contributed by atoms with Gasteiger partial charge < -0.3 is 5.32 Å². The van der Waals surface area contributed by atoms with Gasteiger partial charge in [-0.3, -0.25) is 4.79 Å². The van der Waals surface area contributed by atoms with Crippen molar-refractivity contribution in [1.82, 2.24) is 10.0 Å². The smallest absolute Gasteiger partial charge is 0.251 e. The van der Waals surface area contributed by atoms with E-state index in [-0.39, 0.29) is 16.8 Å². The van der Waals surface area contributed by atoms with Crippen molar-refractivity contribution in [3.63, 3.8) is 0 Å². The zero-order chi connectivity index (χ0) is 19.8. The predicted molar refractivity (Wildman–Crippen MR) is 106 cm³/mol. The second-order valence-corrected chi connectivity index (χ2v) is 9.18. The van der Waals surface area contributed by atoms with Crippen LogP contribution < -0.4 is 10.0 Å². The largest absolute Gasteiger partial charge is 0.345 e. The van der Waals surface area contributed by atoms with Crippen LogP contribution in [0.15, 0.2) is 41.3 Å². The van der Waals surface area contributed by atoms with E-state index >= 15 is 0 Å². The van der Waals surface area contributed by atoms with Crippen LogP contribution in [0.4, 0.5) is 0 Å². The Morgan fingerprint density at radius 3 is 2.26 bits per heavy atom. The molecule has 6 heteroatoms. The number of benzene rings is 2. The number of carbonyl (C=O) groups excluding carboxylic acids is 1. The molecule has 0 aromatic heterocycles. The molecule has 2 N–H and O–H groups in total. The zero-order valence-electron chi connectivity index (χ0n) is 16.2. The van der Waals surface area contributed by atoms with E-state index in [0.717, 1.165) is 24.0 Å². The first-order chi connectivity index (χ1) is 12.7. The molecule has 0 aliphatic heterocycles. The lowest BCUT2D eigenvalue weighted by Gasteiger charge is -2.20. The van der Waals surface area contributed by atoms with Gasteiger partial charge in [-0.15, -0.1) is 0 Å². The first-order valence-corrected chi connectivity index (χ1v) is 10.6. The molecule has 0 heterocycles. The van der Waals surface area contributed by atoms with Crippen LogP contribution in [-0.4, -0.2) is 21.4 Å². The summed E-state index contributed by atoms with van der Waals surface area (Å²) in [6.45, 7) is 5.60. The lowest BCUT2D eigenvalue weighted by molar-refractivity contribution is 0.0931. The molecule has 5 nitrogen and oxygen atoms in total. The standard InChI is InChI=1S/C21H26N2O3S/c1-13-5-7-16(8-6-13)20(17-9-10-17)23-21(24)18-11-14(2)15(3)19(12-18)27(25,26)22-4/h5-8,11-12,17,20,22H,9-10H2,1-4H3,(H,23,24). The summed E-state index contributed by atoms with van der Waals surface area (Å²) in [5.74, 6) is 0.187. The van der Waals surface area contributed by atoms with E-state index in [1.54, 1.807) is 13.0 Å². The van der Waals surface area contributed by atoms with Gasteiger partial charge in [0.2, 0.25) is 10.0 Å². The van der Waals surface area contributed by atoms with E-state index in [1.165, 1.54) is 18.7 Å². The molecule has 1 fully saturated rings. The number of sulfonamides is 1. The Bertz CT molecular complexity index is 962. The zero-order valence-corrected chi connectivity index (χ0v) is 17.0. The highest BCUT2D eigenvalue weighted by atomic mass is 32.2. The van der Waals surface area contributed by atoms with Crippen molar-refractivity contribution in [1.29, 1.82) is 0 Å². The molecule has 144 valence electrons. The number of hydrogen-bond acceptors (Lipinski definition) is 3. The summed E-state index contributed by atoms with van der Waals surface area (Å²) >= 11 is 0. The molecule has 2 aromatic rings. The molecule has 1 aliphatic rings. The van der Waals surface area contributed by atoms with Crippen LogP contribution in [0.1, 0.15) is 51.5 Å². The highest BCUT2D eigenvalue weighted by Gasteiger charge is 2.33. The van der Waals surface area contributed by atoms with E-state index in [1.807, 2.05) is 26.0 Å². The van der Waals surface area contributed by atoms with Crippen LogP contribution in [0.2, 0.25) is 0 Å². The van der Waals surface area contributed by atoms with Crippen LogP contribution in [0, 0.1) is 26.7 Å². The van der Waals surface area contributed by atoms with Gasteiger partial charge in [0.25, 0.3) is 5.91 Å². The minimum absolute atomic E-state index is 0.0518. The van der Waals surface area contributed by atoms with Gasteiger partial charge in [-0.25, -0.2) is 13.1 Å². The molecule has 0 saturated heterocycles. The van der Waals surface area contributed by atoms with Crippen molar-refractivity contribution in [2.45, 2.75) is 44.6 Å². The second kappa shape index (κ2) is 7.44. The van der Waals surface area contributed by atoms with Crippen LogP contribution in [0.5, 0.6) is 0 Å². The Morgan fingerprint density at radius 2 is 1.70 bits per heavy atom. The molecule has 1 saturated carbocycles. The molecule has 1 atom stereocenters. The summed E-state index contributed by atoms with van der Waals surface area (Å²) < 4.78 is 26.9. The number of aryl methyl sites for hydroxylation is 2. The highest BCUT2D eigenvalue weighted by molar-refractivity contribution is 7.89. The van der Waals surface area contributed by atoms with Gasteiger partial charge in [0.15, 0.2) is 0 Å². The van der Waals surface area contributed by atoms with Crippen LogP contribution in [0.25, 0.3) is 0 Å². The van der Waals surface area contributed by atoms with Gasteiger partial charge in [-0.05, 0) is 75.4 Å². The van der Waals surface area contributed by atoms with Gasteiger partial charge >= 0.3 is 0 Å². The lowest BCUT2D eigenvalue weighted by Crippen LogP contribution is -2.30. The third-order valence-electron chi connectivity index (χ3n) is 5.26. The molecule has 2 aromatic carbocycles. The number of hydrogen-bond donors (Lipinski definition) is 2. The molecule has 1 aliphatic carbocycles. The topological polar surface area (TPSA) is 75.3 Å². The van der Waals surface area contributed by atoms with E-state index in [0.29, 0.717) is 17.0 Å². The minimum Gasteiger partial charge on any atom is -0.345 e. The summed E-state index contributed by atoms with van der Waals surface area (Å²) in [6, 6.07) is 11.4. The first kappa shape index (κ1) is 19.6. The fourth-order valence-electron chi connectivity index (χ4n) is 3.25. The third-order valence-corrected chi connectivity index (χ3v) is 6.80. The summed E-state index contributed by atoms with van der Waals surface area (Å²) in [6.07, 6.45) is 2.18. The SMILES string of the molecule is CNS(=O)(=O)c1cc(C(=O)NC(c2ccc(C)cc2)C2CC2)cc(C)c1C. The maximum atomic E-state index is 12.9. The normalized spacial score (nSPS) is 15.4. The van der Waals surface area contributed by atoms with Crippen molar-refractivity contribution in [2.75, 3.05) is 7.05 Å². The Labute approximate surface area is 161 Å². The summed E-state index contributed by atoms with van der Waals surface area (Å²) in [4.78, 5) is 13.1. The average molecular weight is 387 g/mol. The van der Waals surface area contributed by atoms with E-state index in [4.69, 9.17) is 0 Å². The monoisotopic (exact) mass is 386 g/mol. The Balaban J connectivity index is 1.92. The van der Waals surface area contributed by atoms with Gasteiger partial charge in [0.05, 0.1) is 10.9 Å². The van der Waals surface area contributed by atoms with Crippen LogP contribution >= 0.6 is 0 Å². The number of amides is 1. The van der Waals surface area contributed by atoms with E-state index < -0.39 is 10.0 Å². The van der Waals surface area contributed by atoms with E-state index in [9.17, 15) is 13.2 Å². The Morgan fingerprint density at radius 1 is 1.07 bits per heavy atom. The van der Waals surface area contributed by atoms with Gasteiger partial charge in [-0.1, -0.05) is 29.8 Å². The number of rotatable bonds is 6. The minimum atomic E-state index is -3.63. The molecule has 0 radical (unpaired) electrons. The molecule has 0 bridgehead atoms. The second-order valence-electron chi connectivity index (χ2n) is 7.32. The summed E-state index contributed by atoms with van der Waals surface area (Å²) in [5, 5.41) is 3.12.